The average Bonchev–Trinajstić information content (AvgIpc) is 2.41. The maximum absolute atomic E-state index is 9.91. The highest BCUT2D eigenvalue weighted by atomic mass is 16.3. The smallest absolute Gasteiger partial charge is 0.120 e. The van der Waals surface area contributed by atoms with E-state index in [1.807, 2.05) is 7.05 Å². The quantitative estimate of drug-likeness (QED) is 0.717. The number of likely N-dealkylation sites (N-methyl/N-ethyl adjacent to an activating group) is 1. The first-order chi connectivity index (χ1) is 8.61. The zero-order valence-corrected chi connectivity index (χ0v) is 11.1. The number of likely N-dealkylation sites (tertiary alicyclic amines) is 1. The first-order valence-electron chi connectivity index (χ1n) is 6.55. The normalized spacial score (nSPS) is 22.9. The third-order valence-corrected chi connectivity index (χ3v) is 3.87. The van der Waals surface area contributed by atoms with Crippen molar-refractivity contribution in [2.75, 3.05) is 20.1 Å². The Hall–Kier alpha value is -1.26. The number of hydrogen-bond acceptors (Lipinski definition) is 4. The monoisotopic (exact) mass is 250 g/mol. The van der Waals surface area contributed by atoms with Gasteiger partial charge in [0, 0.05) is 24.2 Å². The van der Waals surface area contributed by atoms with Gasteiger partial charge >= 0.3 is 0 Å². The number of hydrogen-bond donors (Lipinski definition) is 3. The molecule has 0 spiro atoms. The van der Waals surface area contributed by atoms with Gasteiger partial charge in [-0.25, -0.2) is 0 Å². The lowest BCUT2D eigenvalue weighted by Crippen LogP contribution is -2.45. The lowest BCUT2D eigenvalue weighted by molar-refractivity contribution is 0.147. The SMILES string of the molecule is CNC1CCCN(C(C)c2cc(O)ccc2O)C1. The molecule has 4 nitrogen and oxygen atoms in total. The Morgan fingerprint density at radius 3 is 2.89 bits per heavy atom. The van der Waals surface area contributed by atoms with Crippen LogP contribution in [0.25, 0.3) is 0 Å². The number of phenolic OH excluding ortho intramolecular Hbond substituents is 2. The molecule has 1 fully saturated rings. The van der Waals surface area contributed by atoms with Gasteiger partial charge in [0.05, 0.1) is 0 Å². The fourth-order valence-corrected chi connectivity index (χ4v) is 2.67. The van der Waals surface area contributed by atoms with Gasteiger partial charge in [-0.15, -0.1) is 0 Å². The molecule has 1 aliphatic heterocycles. The molecular weight excluding hydrogens is 228 g/mol. The molecule has 2 unspecified atom stereocenters. The molecule has 0 radical (unpaired) electrons. The summed E-state index contributed by atoms with van der Waals surface area (Å²) in [5.74, 6) is 0.462. The van der Waals surface area contributed by atoms with Crippen molar-refractivity contribution < 1.29 is 10.2 Å². The number of benzene rings is 1. The number of piperidine rings is 1. The van der Waals surface area contributed by atoms with Crippen molar-refractivity contribution in [3.05, 3.63) is 23.8 Å². The predicted molar refractivity (Wildman–Crippen MR) is 71.8 cm³/mol. The first kappa shape index (κ1) is 13.2. The molecule has 18 heavy (non-hydrogen) atoms. The van der Waals surface area contributed by atoms with Crippen LogP contribution in [0.15, 0.2) is 18.2 Å². The lowest BCUT2D eigenvalue weighted by Gasteiger charge is -2.37. The van der Waals surface area contributed by atoms with Crippen LogP contribution in [0.1, 0.15) is 31.4 Å². The van der Waals surface area contributed by atoms with E-state index in [0.29, 0.717) is 6.04 Å². The van der Waals surface area contributed by atoms with Crippen LogP contribution in [-0.2, 0) is 0 Å². The molecular formula is C14H22N2O2. The van der Waals surface area contributed by atoms with E-state index < -0.39 is 0 Å². The van der Waals surface area contributed by atoms with E-state index in [2.05, 4.69) is 17.1 Å². The zero-order valence-electron chi connectivity index (χ0n) is 11.1. The molecule has 0 amide bonds. The molecule has 100 valence electrons. The minimum absolute atomic E-state index is 0.119. The summed E-state index contributed by atoms with van der Waals surface area (Å²) < 4.78 is 0. The van der Waals surface area contributed by atoms with Crippen LogP contribution >= 0.6 is 0 Å². The maximum Gasteiger partial charge on any atom is 0.120 e. The Morgan fingerprint density at radius 1 is 1.39 bits per heavy atom. The minimum atomic E-state index is 0.119. The first-order valence-corrected chi connectivity index (χ1v) is 6.55. The summed E-state index contributed by atoms with van der Waals surface area (Å²) in [5.41, 5.74) is 0.798. The number of phenols is 2. The Bertz CT molecular complexity index is 409. The van der Waals surface area contributed by atoms with E-state index in [1.165, 1.54) is 12.5 Å². The van der Waals surface area contributed by atoms with Gasteiger partial charge in [-0.1, -0.05) is 0 Å². The molecule has 1 saturated heterocycles. The van der Waals surface area contributed by atoms with Crippen molar-refractivity contribution in [3.8, 4) is 11.5 Å². The zero-order chi connectivity index (χ0) is 13.1. The molecule has 0 bridgehead atoms. The van der Waals surface area contributed by atoms with Crippen LogP contribution in [0.5, 0.6) is 11.5 Å². The molecule has 2 rings (SSSR count). The van der Waals surface area contributed by atoms with Gasteiger partial charge < -0.3 is 15.5 Å². The molecule has 3 N–H and O–H groups in total. The molecule has 1 aliphatic rings. The second-order valence-electron chi connectivity index (χ2n) is 5.04. The van der Waals surface area contributed by atoms with Gasteiger partial charge in [-0.3, -0.25) is 4.90 Å². The topological polar surface area (TPSA) is 55.7 Å². The Morgan fingerprint density at radius 2 is 2.17 bits per heavy atom. The van der Waals surface area contributed by atoms with Crippen molar-refractivity contribution in [2.45, 2.75) is 31.8 Å². The summed E-state index contributed by atoms with van der Waals surface area (Å²) in [4.78, 5) is 2.35. The van der Waals surface area contributed by atoms with Gasteiger partial charge in [0.25, 0.3) is 0 Å². The molecule has 1 aromatic carbocycles. The fourth-order valence-electron chi connectivity index (χ4n) is 2.67. The van der Waals surface area contributed by atoms with Gasteiger partial charge in [-0.2, -0.15) is 0 Å². The molecule has 0 aliphatic carbocycles. The summed E-state index contributed by atoms with van der Waals surface area (Å²) in [7, 11) is 1.99. The number of rotatable bonds is 3. The highest BCUT2D eigenvalue weighted by Crippen LogP contribution is 2.32. The molecule has 0 saturated carbocycles. The molecule has 0 aromatic heterocycles. The van der Waals surface area contributed by atoms with Crippen molar-refractivity contribution >= 4 is 0 Å². The molecule has 1 aromatic rings. The van der Waals surface area contributed by atoms with E-state index in [1.54, 1.807) is 12.1 Å². The highest BCUT2D eigenvalue weighted by Gasteiger charge is 2.24. The van der Waals surface area contributed by atoms with E-state index in [-0.39, 0.29) is 17.5 Å². The van der Waals surface area contributed by atoms with Crippen LogP contribution < -0.4 is 5.32 Å². The second kappa shape index (κ2) is 5.59. The van der Waals surface area contributed by atoms with E-state index in [9.17, 15) is 10.2 Å². The second-order valence-corrected chi connectivity index (χ2v) is 5.04. The van der Waals surface area contributed by atoms with Gasteiger partial charge in [0.1, 0.15) is 11.5 Å². The number of nitrogens with one attached hydrogen (secondary N) is 1. The largest absolute Gasteiger partial charge is 0.508 e. The van der Waals surface area contributed by atoms with Crippen molar-refractivity contribution in [3.63, 3.8) is 0 Å². The minimum Gasteiger partial charge on any atom is -0.508 e. The Labute approximate surface area is 108 Å². The Balaban J connectivity index is 2.14. The van der Waals surface area contributed by atoms with Crippen LogP contribution in [-0.4, -0.2) is 41.3 Å². The summed E-state index contributed by atoms with van der Waals surface area (Å²) >= 11 is 0. The van der Waals surface area contributed by atoms with Gasteiger partial charge in [0.15, 0.2) is 0 Å². The summed E-state index contributed by atoms with van der Waals surface area (Å²) in [6.07, 6.45) is 2.36. The molecule has 4 heteroatoms. The van der Waals surface area contributed by atoms with Crippen LogP contribution in [0, 0.1) is 0 Å². The van der Waals surface area contributed by atoms with Crippen LogP contribution in [0.3, 0.4) is 0 Å². The van der Waals surface area contributed by atoms with E-state index in [4.69, 9.17) is 0 Å². The lowest BCUT2D eigenvalue weighted by atomic mass is 9.99. The average molecular weight is 250 g/mol. The van der Waals surface area contributed by atoms with Crippen LogP contribution in [0.4, 0.5) is 0 Å². The maximum atomic E-state index is 9.91. The van der Waals surface area contributed by atoms with Crippen molar-refractivity contribution in [1.29, 1.82) is 0 Å². The fraction of sp³-hybridized carbons (Fsp3) is 0.571. The standard InChI is InChI=1S/C14H22N2O2/c1-10(13-8-12(17)5-6-14(13)18)16-7-3-4-11(9-16)15-2/h5-6,8,10-11,15,17-18H,3-4,7,9H2,1-2H3. The van der Waals surface area contributed by atoms with Crippen molar-refractivity contribution in [1.82, 2.24) is 10.2 Å². The molecule has 1 heterocycles. The predicted octanol–water partition coefficient (Wildman–Crippen LogP) is 1.84. The van der Waals surface area contributed by atoms with Gasteiger partial charge in [0.2, 0.25) is 0 Å². The third kappa shape index (κ3) is 2.76. The van der Waals surface area contributed by atoms with Crippen molar-refractivity contribution in [2.24, 2.45) is 0 Å². The number of aromatic hydroxyl groups is 2. The third-order valence-electron chi connectivity index (χ3n) is 3.87. The van der Waals surface area contributed by atoms with E-state index >= 15 is 0 Å². The highest BCUT2D eigenvalue weighted by molar-refractivity contribution is 5.40. The van der Waals surface area contributed by atoms with Crippen LogP contribution in [0.2, 0.25) is 0 Å². The number of nitrogens with zero attached hydrogens (tertiary/aromatic N) is 1. The molecule has 2 atom stereocenters. The summed E-state index contributed by atoms with van der Waals surface area (Å²) in [6.45, 7) is 4.09. The summed E-state index contributed by atoms with van der Waals surface area (Å²) in [6, 6.07) is 5.36. The van der Waals surface area contributed by atoms with Gasteiger partial charge in [-0.05, 0) is 51.6 Å². The Kier molecular flexibility index (Phi) is 4.09. The van der Waals surface area contributed by atoms with E-state index in [0.717, 1.165) is 25.1 Å². The summed E-state index contributed by atoms with van der Waals surface area (Å²) in [5, 5.41) is 22.8.